The Balaban J connectivity index is 1.82. The van der Waals surface area contributed by atoms with Gasteiger partial charge in [-0.05, 0) is 53.7 Å². The number of benzene rings is 1. The first-order chi connectivity index (χ1) is 15.0. The van der Waals surface area contributed by atoms with Gasteiger partial charge in [-0.2, -0.15) is 0 Å². The first-order valence-electron chi connectivity index (χ1n) is 10.5. The van der Waals surface area contributed by atoms with E-state index in [2.05, 4.69) is 0 Å². The van der Waals surface area contributed by atoms with Gasteiger partial charge < -0.3 is 23.4 Å². The maximum absolute atomic E-state index is 13.0. The summed E-state index contributed by atoms with van der Waals surface area (Å²) in [6, 6.07) is 6.21. The molecule has 8 nitrogen and oxygen atoms in total. The average molecular weight is 442 g/mol. The number of epoxide rings is 1. The van der Waals surface area contributed by atoms with Crippen molar-refractivity contribution in [3.8, 4) is 5.75 Å². The minimum atomic E-state index is -1.06. The molecule has 0 aliphatic carbocycles. The van der Waals surface area contributed by atoms with Gasteiger partial charge in [-0.1, -0.05) is 6.08 Å². The summed E-state index contributed by atoms with van der Waals surface area (Å²) in [7, 11) is 0. The predicted octanol–water partition coefficient (Wildman–Crippen LogP) is 3.60. The van der Waals surface area contributed by atoms with E-state index < -0.39 is 41.0 Å². The van der Waals surface area contributed by atoms with Gasteiger partial charge in [-0.15, -0.1) is 0 Å². The first kappa shape index (κ1) is 22.1. The lowest BCUT2D eigenvalue weighted by Crippen LogP contribution is -2.52. The standard InChI is InChI=1S/C24H26O8/c1-7-12(2)21(26)30-20-19(29-22(27)24(6)13(3)31-24)15-10-14-8-9-18(25)28-16(14)11-17(15)32-23(20,4)5/h7-11,13,19-20H,1-6H3/b12-7-/t13-,19+,20+,24+/m0/s1. The number of esters is 2. The SMILES string of the molecule is C/C=C(/C)C(=O)O[C@@H]1[C@H](OC(=O)[C@]2(C)O[C@H]2C)c2cc3ccc(=O)oc3cc2OC1(C)C. The Hall–Kier alpha value is -3.13. The minimum absolute atomic E-state index is 0.278. The molecule has 2 aliphatic heterocycles. The molecule has 0 radical (unpaired) electrons. The Morgan fingerprint density at radius 1 is 1.12 bits per heavy atom. The number of ether oxygens (including phenoxy) is 4. The zero-order valence-electron chi connectivity index (χ0n) is 18.9. The summed E-state index contributed by atoms with van der Waals surface area (Å²) in [5.41, 5.74) is -1.34. The van der Waals surface area contributed by atoms with Crippen LogP contribution in [0.4, 0.5) is 0 Å². The van der Waals surface area contributed by atoms with Gasteiger partial charge in [0.25, 0.3) is 0 Å². The van der Waals surface area contributed by atoms with E-state index in [-0.39, 0.29) is 6.10 Å². The maximum atomic E-state index is 13.0. The molecule has 0 amide bonds. The van der Waals surface area contributed by atoms with Gasteiger partial charge in [0, 0.05) is 28.7 Å². The van der Waals surface area contributed by atoms with Crippen LogP contribution in [0.15, 0.2) is 45.1 Å². The highest BCUT2D eigenvalue weighted by atomic mass is 16.7. The molecular formula is C24H26O8. The predicted molar refractivity (Wildman–Crippen MR) is 114 cm³/mol. The second-order valence-electron chi connectivity index (χ2n) is 8.88. The fraction of sp³-hybridized carbons (Fsp3) is 0.458. The van der Waals surface area contributed by atoms with Crippen molar-refractivity contribution in [1.82, 2.24) is 0 Å². The summed E-state index contributed by atoms with van der Waals surface area (Å²) in [6.45, 7) is 10.3. The third-order valence-corrected chi connectivity index (χ3v) is 6.16. The number of allylic oxidation sites excluding steroid dienone is 1. The molecule has 4 atom stereocenters. The van der Waals surface area contributed by atoms with E-state index in [9.17, 15) is 14.4 Å². The lowest BCUT2D eigenvalue weighted by atomic mass is 9.87. The van der Waals surface area contributed by atoms with Gasteiger partial charge in [-0.3, -0.25) is 0 Å². The molecule has 0 unspecified atom stereocenters. The molecule has 2 aromatic rings. The molecule has 32 heavy (non-hydrogen) atoms. The van der Waals surface area contributed by atoms with Crippen LogP contribution >= 0.6 is 0 Å². The molecule has 0 N–H and O–H groups in total. The van der Waals surface area contributed by atoms with Crippen molar-refractivity contribution in [3.05, 3.63) is 51.9 Å². The number of fused-ring (bicyclic) bond motifs is 2. The zero-order chi connectivity index (χ0) is 23.4. The summed E-state index contributed by atoms with van der Waals surface area (Å²) in [4.78, 5) is 37.2. The van der Waals surface area contributed by atoms with E-state index >= 15 is 0 Å². The van der Waals surface area contributed by atoms with Crippen molar-refractivity contribution < 1.29 is 33.0 Å². The molecule has 1 aromatic heterocycles. The van der Waals surface area contributed by atoms with Gasteiger partial charge in [0.05, 0.1) is 6.10 Å². The quantitative estimate of drug-likeness (QED) is 0.306. The summed E-state index contributed by atoms with van der Waals surface area (Å²) in [5.74, 6) is -0.713. The zero-order valence-corrected chi connectivity index (χ0v) is 18.9. The molecule has 8 heteroatoms. The smallest absolute Gasteiger partial charge is 0.341 e. The second kappa shape index (κ2) is 7.48. The number of carbonyl (C=O) groups is 2. The van der Waals surface area contributed by atoms with Crippen LogP contribution in [0.2, 0.25) is 0 Å². The second-order valence-corrected chi connectivity index (χ2v) is 8.88. The van der Waals surface area contributed by atoms with Crippen LogP contribution in [0, 0.1) is 0 Å². The van der Waals surface area contributed by atoms with Gasteiger partial charge in [0.15, 0.2) is 17.8 Å². The normalized spacial score (nSPS) is 28.4. The Bertz CT molecular complexity index is 1190. The van der Waals surface area contributed by atoms with E-state index in [0.29, 0.717) is 27.9 Å². The van der Waals surface area contributed by atoms with Crippen LogP contribution in [0.25, 0.3) is 11.0 Å². The number of hydrogen-bond donors (Lipinski definition) is 0. The van der Waals surface area contributed by atoms with Gasteiger partial charge in [-0.25, -0.2) is 14.4 Å². The topological polar surface area (TPSA) is 105 Å². The largest absolute Gasteiger partial charge is 0.483 e. The van der Waals surface area contributed by atoms with Crippen molar-refractivity contribution in [1.29, 1.82) is 0 Å². The summed E-state index contributed by atoms with van der Waals surface area (Å²) in [6.07, 6.45) is -0.532. The highest BCUT2D eigenvalue weighted by Gasteiger charge is 2.59. The number of hydrogen-bond acceptors (Lipinski definition) is 8. The Kier molecular flexibility index (Phi) is 5.16. The molecular weight excluding hydrogens is 416 g/mol. The molecule has 170 valence electrons. The van der Waals surface area contributed by atoms with E-state index in [1.807, 2.05) is 0 Å². The lowest BCUT2D eigenvalue weighted by Gasteiger charge is -2.43. The first-order valence-corrected chi connectivity index (χ1v) is 10.5. The molecule has 0 bridgehead atoms. The summed E-state index contributed by atoms with van der Waals surface area (Å²) in [5, 5.41) is 0.615. The van der Waals surface area contributed by atoms with Crippen LogP contribution in [-0.4, -0.2) is 35.3 Å². The Labute approximate surface area is 185 Å². The number of carbonyl (C=O) groups excluding carboxylic acids is 2. The molecule has 3 heterocycles. The minimum Gasteiger partial charge on any atom is -0.483 e. The Morgan fingerprint density at radius 3 is 2.44 bits per heavy atom. The fourth-order valence-corrected chi connectivity index (χ4v) is 3.73. The van der Waals surface area contributed by atoms with E-state index in [4.69, 9.17) is 23.4 Å². The monoisotopic (exact) mass is 442 g/mol. The molecule has 4 rings (SSSR count). The van der Waals surface area contributed by atoms with Crippen LogP contribution in [0.1, 0.15) is 53.2 Å². The molecule has 1 fully saturated rings. The van der Waals surface area contributed by atoms with Crippen molar-refractivity contribution in [2.24, 2.45) is 0 Å². The van der Waals surface area contributed by atoms with Crippen molar-refractivity contribution >= 4 is 22.9 Å². The molecule has 0 saturated carbocycles. The van der Waals surface area contributed by atoms with Crippen LogP contribution < -0.4 is 10.4 Å². The van der Waals surface area contributed by atoms with Gasteiger partial charge >= 0.3 is 17.6 Å². The summed E-state index contributed by atoms with van der Waals surface area (Å²) >= 11 is 0. The highest BCUT2D eigenvalue weighted by molar-refractivity contribution is 5.88. The van der Waals surface area contributed by atoms with Crippen LogP contribution in [-0.2, 0) is 23.8 Å². The molecule has 1 aromatic carbocycles. The fourth-order valence-electron chi connectivity index (χ4n) is 3.73. The van der Waals surface area contributed by atoms with Crippen molar-refractivity contribution in [2.45, 2.75) is 71.1 Å². The average Bonchev–Trinajstić information content (AvgIpc) is 3.35. The maximum Gasteiger partial charge on any atom is 0.341 e. The Morgan fingerprint density at radius 2 is 1.81 bits per heavy atom. The third-order valence-electron chi connectivity index (χ3n) is 6.16. The molecule has 1 saturated heterocycles. The third kappa shape index (κ3) is 3.68. The van der Waals surface area contributed by atoms with Gasteiger partial charge in [0.1, 0.15) is 16.9 Å². The summed E-state index contributed by atoms with van der Waals surface area (Å²) < 4.78 is 28.6. The van der Waals surface area contributed by atoms with Gasteiger partial charge in [0.2, 0.25) is 0 Å². The van der Waals surface area contributed by atoms with E-state index in [1.54, 1.807) is 65.8 Å². The van der Waals surface area contributed by atoms with Crippen LogP contribution in [0.5, 0.6) is 5.75 Å². The lowest BCUT2D eigenvalue weighted by molar-refractivity contribution is -0.190. The molecule has 0 spiro atoms. The van der Waals surface area contributed by atoms with Crippen molar-refractivity contribution in [3.63, 3.8) is 0 Å². The van der Waals surface area contributed by atoms with E-state index in [0.717, 1.165) is 0 Å². The van der Waals surface area contributed by atoms with Crippen molar-refractivity contribution in [2.75, 3.05) is 0 Å². The number of rotatable bonds is 4. The highest BCUT2D eigenvalue weighted by Crippen LogP contribution is 2.47. The molecule has 2 aliphatic rings. The van der Waals surface area contributed by atoms with Crippen LogP contribution in [0.3, 0.4) is 0 Å². The van der Waals surface area contributed by atoms with E-state index in [1.165, 1.54) is 6.07 Å².